The molecule has 6 heteroatoms. The first-order chi connectivity index (χ1) is 11.9. The van der Waals surface area contributed by atoms with Crippen molar-refractivity contribution in [2.24, 2.45) is 0 Å². The van der Waals surface area contributed by atoms with E-state index in [2.05, 4.69) is 24.2 Å². The molecule has 25 heavy (non-hydrogen) atoms. The predicted octanol–water partition coefficient (Wildman–Crippen LogP) is 3.52. The second-order valence-electron chi connectivity index (χ2n) is 6.91. The number of nitrogens with zero attached hydrogens (tertiary/aromatic N) is 1. The van der Waals surface area contributed by atoms with Crippen LogP contribution in [0, 0.1) is 0 Å². The molecule has 3 rings (SSSR count). The number of benzene rings is 1. The van der Waals surface area contributed by atoms with Crippen LogP contribution in [-0.4, -0.2) is 32.8 Å². The first kappa shape index (κ1) is 18.2. The van der Waals surface area contributed by atoms with Gasteiger partial charge in [0.15, 0.2) is 9.84 Å². The highest BCUT2D eigenvalue weighted by Gasteiger charge is 2.29. The lowest BCUT2D eigenvalue weighted by Gasteiger charge is -2.41. The Labute approximate surface area is 149 Å². The van der Waals surface area contributed by atoms with Crippen molar-refractivity contribution in [2.75, 3.05) is 13.3 Å². The van der Waals surface area contributed by atoms with E-state index in [1.807, 2.05) is 18.2 Å². The number of hydrogen-bond donors (Lipinski definition) is 1. The van der Waals surface area contributed by atoms with Crippen molar-refractivity contribution in [1.29, 1.82) is 0 Å². The summed E-state index contributed by atoms with van der Waals surface area (Å²) in [6, 6.07) is 9.81. The topological polar surface area (TPSA) is 62.6 Å². The molecule has 0 radical (unpaired) electrons. The second-order valence-corrected chi connectivity index (χ2v) is 8.93. The summed E-state index contributed by atoms with van der Waals surface area (Å²) in [5, 5.41) is 3.68. The highest BCUT2D eigenvalue weighted by molar-refractivity contribution is 7.90. The van der Waals surface area contributed by atoms with Gasteiger partial charge in [0.2, 0.25) is 0 Å². The van der Waals surface area contributed by atoms with Crippen LogP contribution in [0.25, 0.3) is 0 Å². The molecule has 1 aromatic heterocycles. The summed E-state index contributed by atoms with van der Waals surface area (Å²) >= 11 is 0. The van der Waals surface area contributed by atoms with Crippen LogP contribution in [0.5, 0.6) is 0 Å². The third kappa shape index (κ3) is 4.14. The van der Waals surface area contributed by atoms with Gasteiger partial charge in [-0.25, -0.2) is 8.42 Å². The molecule has 5 nitrogen and oxygen atoms in total. The molecule has 0 spiro atoms. The third-order valence-electron chi connectivity index (χ3n) is 5.12. The van der Waals surface area contributed by atoms with E-state index in [1.54, 1.807) is 24.7 Å². The minimum absolute atomic E-state index is 0.220. The smallest absolute Gasteiger partial charge is 0.175 e. The van der Waals surface area contributed by atoms with E-state index in [1.165, 1.54) is 6.26 Å². The Bertz CT molecular complexity index is 785. The van der Waals surface area contributed by atoms with Gasteiger partial charge < -0.3 is 4.42 Å². The molecule has 1 N–H and O–H groups in total. The van der Waals surface area contributed by atoms with Crippen LogP contribution < -0.4 is 5.32 Å². The van der Waals surface area contributed by atoms with Crippen LogP contribution >= 0.6 is 0 Å². The molecule has 0 bridgehead atoms. The number of furan rings is 1. The number of hydrogen-bond acceptors (Lipinski definition) is 5. The van der Waals surface area contributed by atoms with E-state index in [9.17, 15) is 8.42 Å². The molecule has 0 aliphatic carbocycles. The molecule has 3 atom stereocenters. The lowest BCUT2D eigenvalue weighted by Crippen LogP contribution is -2.48. The number of likely N-dealkylation sites (tertiary alicyclic amines) is 1. The Hall–Kier alpha value is -1.63. The van der Waals surface area contributed by atoms with Crippen LogP contribution in [0.15, 0.2) is 52.2 Å². The molecular weight excluding hydrogens is 336 g/mol. The Morgan fingerprint density at radius 1 is 1.20 bits per heavy atom. The second kappa shape index (κ2) is 7.32. The van der Waals surface area contributed by atoms with Gasteiger partial charge in [-0.3, -0.25) is 10.2 Å². The molecule has 2 aromatic rings. The number of nitrogens with one attached hydrogen (secondary N) is 1. The van der Waals surface area contributed by atoms with Crippen LogP contribution in [0.1, 0.15) is 49.4 Å². The van der Waals surface area contributed by atoms with Gasteiger partial charge >= 0.3 is 0 Å². The Morgan fingerprint density at radius 2 is 1.92 bits per heavy atom. The summed E-state index contributed by atoms with van der Waals surface area (Å²) in [6.45, 7) is 2.14. The van der Waals surface area contributed by atoms with E-state index < -0.39 is 9.84 Å². The largest absolute Gasteiger partial charge is 0.472 e. The van der Waals surface area contributed by atoms with E-state index in [-0.39, 0.29) is 18.2 Å². The number of piperidine rings is 1. The zero-order chi connectivity index (χ0) is 18.0. The first-order valence-corrected chi connectivity index (χ1v) is 10.6. The maximum absolute atomic E-state index is 11.6. The lowest BCUT2D eigenvalue weighted by atomic mass is 9.93. The highest BCUT2D eigenvalue weighted by atomic mass is 32.2. The Balaban J connectivity index is 1.72. The monoisotopic (exact) mass is 362 g/mol. The standard InChI is InChI=1S/C19H26N2O3S/c1-14(16-11-12-24-13-16)20-19-6-4-5-18(21(19)2)15-7-9-17(10-8-15)25(3,22)23/h7-14,18-20H,4-6H2,1-3H3/t14-,18?,19?/m0/s1. The van der Waals surface area contributed by atoms with Crippen LogP contribution in [0.4, 0.5) is 0 Å². The average Bonchev–Trinajstić information content (AvgIpc) is 3.11. The molecule has 1 fully saturated rings. The molecule has 1 aromatic carbocycles. The Kier molecular flexibility index (Phi) is 5.32. The molecular formula is C19H26N2O3S. The fourth-order valence-corrected chi connectivity index (χ4v) is 4.21. The van der Waals surface area contributed by atoms with Crippen LogP contribution in [0.2, 0.25) is 0 Å². The Morgan fingerprint density at radius 3 is 2.52 bits per heavy atom. The number of rotatable bonds is 5. The van der Waals surface area contributed by atoms with Crippen molar-refractivity contribution in [3.63, 3.8) is 0 Å². The fraction of sp³-hybridized carbons (Fsp3) is 0.474. The van der Waals surface area contributed by atoms with Crippen molar-refractivity contribution >= 4 is 9.84 Å². The average molecular weight is 362 g/mol. The summed E-state index contributed by atoms with van der Waals surface area (Å²) in [7, 11) is -1.02. The summed E-state index contributed by atoms with van der Waals surface area (Å²) in [5.41, 5.74) is 2.31. The maximum atomic E-state index is 11.6. The maximum Gasteiger partial charge on any atom is 0.175 e. The van der Waals surface area contributed by atoms with E-state index in [4.69, 9.17) is 4.42 Å². The quantitative estimate of drug-likeness (QED) is 0.882. The molecule has 136 valence electrons. The molecule has 0 amide bonds. The summed E-state index contributed by atoms with van der Waals surface area (Å²) in [6.07, 6.45) is 8.30. The van der Waals surface area contributed by atoms with Gasteiger partial charge in [0.25, 0.3) is 0 Å². The molecule has 0 saturated carbocycles. The summed E-state index contributed by atoms with van der Waals surface area (Å²) in [5.74, 6) is 0. The molecule has 1 aliphatic rings. The summed E-state index contributed by atoms with van der Waals surface area (Å²) < 4.78 is 28.5. The van der Waals surface area contributed by atoms with E-state index in [0.717, 1.165) is 30.4 Å². The predicted molar refractivity (Wildman–Crippen MR) is 98.0 cm³/mol. The molecule has 1 aliphatic heterocycles. The zero-order valence-corrected chi connectivity index (χ0v) is 15.8. The lowest BCUT2D eigenvalue weighted by molar-refractivity contribution is 0.0833. The van der Waals surface area contributed by atoms with Crippen LogP contribution in [0.3, 0.4) is 0 Å². The number of sulfone groups is 1. The van der Waals surface area contributed by atoms with Gasteiger partial charge in [-0.1, -0.05) is 12.1 Å². The van der Waals surface area contributed by atoms with Crippen molar-refractivity contribution in [3.8, 4) is 0 Å². The first-order valence-electron chi connectivity index (χ1n) is 8.66. The van der Waals surface area contributed by atoms with E-state index in [0.29, 0.717) is 4.90 Å². The van der Waals surface area contributed by atoms with Crippen molar-refractivity contribution < 1.29 is 12.8 Å². The molecule has 2 heterocycles. The van der Waals surface area contributed by atoms with Gasteiger partial charge in [0.05, 0.1) is 23.6 Å². The van der Waals surface area contributed by atoms with Gasteiger partial charge in [-0.15, -0.1) is 0 Å². The minimum Gasteiger partial charge on any atom is -0.472 e. The van der Waals surface area contributed by atoms with Gasteiger partial charge in [0.1, 0.15) is 0 Å². The SMILES string of the molecule is C[C@H](NC1CCCC(c2ccc(S(C)(=O)=O)cc2)N1C)c1ccoc1. The summed E-state index contributed by atoms with van der Waals surface area (Å²) in [4.78, 5) is 2.73. The van der Waals surface area contributed by atoms with Gasteiger partial charge in [0, 0.05) is 23.9 Å². The van der Waals surface area contributed by atoms with Crippen molar-refractivity contribution in [2.45, 2.75) is 49.3 Å². The van der Waals surface area contributed by atoms with Crippen LogP contribution in [-0.2, 0) is 9.84 Å². The molecule has 1 saturated heterocycles. The van der Waals surface area contributed by atoms with E-state index >= 15 is 0 Å². The van der Waals surface area contributed by atoms with Gasteiger partial charge in [-0.05, 0) is 57.0 Å². The highest BCUT2D eigenvalue weighted by Crippen LogP contribution is 2.33. The molecule has 2 unspecified atom stereocenters. The minimum atomic E-state index is -3.15. The normalized spacial score (nSPS) is 23.5. The third-order valence-corrected chi connectivity index (χ3v) is 6.25. The zero-order valence-electron chi connectivity index (χ0n) is 15.0. The van der Waals surface area contributed by atoms with Crippen molar-refractivity contribution in [1.82, 2.24) is 10.2 Å². The van der Waals surface area contributed by atoms with Crippen molar-refractivity contribution in [3.05, 3.63) is 54.0 Å². The fourth-order valence-electron chi connectivity index (χ4n) is 3.58. The van der Waals surface area contributed by atoms with Gasteiger partial charge in [-0.2, -0.15) is 0 Å².